The van der Waals surface area contributed by atoms with E-state index in [2.05, 4.69) is 6.92 Å². The molecule has 0 amide bonds. The standard InChI is InChI=1S/C15H28O3/c1-2-3-4-5-6-7-14(16)8-10-15(11-9-14)17-12-13-18-15/h16H,2-13H2,1H3. The van der Waals surface area contributed by atoms with Crippen molar-refractivity contribution in [3.8, 4) is 0 Å². The first-order valence-electron chi connectivity index (χ1n) is 7.68. The van der Waals surface area contributed by atoms with Gasteiger partial charge < -0.3 is 14.6 Å². The van der Waals surface area contributed by atoms with Crippen LogP contribution < -0.4 is 0 Å². The molecule has 0 radical (unpaired) electrons. The van der Waals surface area contributed by atoms with Gasteiger partial charge in [0.2, 0.25) is 0 Å². The summed E-state index contributed by atoms with van der Waals surface area (Å²) < 4.78 is 11.4. The Hall–Kier alpha value is -0.120. The Labute approximate surface area is 111 Å². The molecule has 3 nitrogen and oxygen atoms in total. The van der Waals surface area contributed by atoms with E-state index in [4.69, 9.17) is 9.47 Å². The highest BCUT2D eigenvalue weighted by molar-refractivity contribution is 4.91. The minimum atomic E-state index is -0.452. The van der Waals surface area contributed by atoms with E-state index < -0.39 is 5.60 Å². The molecular weight excluding hydrogens is 228 g/mol. The summed E-state index contributed by atoms with van der Waals surface area (Å²) in [7, 11) is 0. The van der Waals surface area contributed by atoms with Gasteiger partial charge >= 0.3 is 0 Å². The summed E-state index contributed by atoms with van der Waals surface area (Å²) in [6.07, 6.45) is 10.7. The van der Waals surface area contributed by atoms with Gasteiger partial charge in [-0.25, -0.2) is 0 Å². The van der Waals surface area contributed by atoms with Crippen LogP contribution in [0.1, 0.15) is 71.1 Å². The van der Waals surface area contributed by atoms with Crippen LogP contribution in [-0.2, 0) is 9.47 Å². The monoisotopic (exact) mass is 256 g/mol. The summed E-state index contributed by atoms with van der Waals surface area (Å²) in [5, 5.41) is 10.6. The van der Waals surface area contributed by atoms with Crippen molar-refractivity contribution in [3.63, 3.8) is 0 Å². The fourth-order valence-corrected chi connectivity index (χ4v) is 3.19. The van der Waals surface area contributed by atoms with E-state index in [-0.39, 0.29) is 5.79 Å². The molecule has 0 unspecified atom stereocenters. The fraction of sp³-hybridized carbons (Fsp3) is 1.00. The van der Waals surface area contributed by atoms with Gasteiger partial charge in [-0.1, -0.05) is 39.0 Å². The number of ether oxygens (including phenoxy) is 2. The molecule has 18 heavy (non-hydrogen) atoms. The zero-order chi connectivity index (χ0) is 12.9. The Morgan fingerprint density at radius 3 is 2.11 bits per heavy atom. The molecule has 1 aliphatic carbocycles. The van der Waals surface area contributed by atoms with Gasteiger partial charge in [-0.3, -0.25) is 0 Å². The molecule has 0 aromatic carbocycles. The van der Waals surface area contributed by atoms with Crippen molar-refractivity contribution in [2.45, 2.75) is 82.5 Å². The van der Waals surface area contributed by atoms with Gasteiger partial charge in [0.15, 0.2) is 5.79 Å². The van der Waals surface area contributed by atoms with Gasteiger partial charge in [-0.05, 0) is 19.3 Å². The van der Waals surface area contributed by atoms with Crippen molar-refractivity contribution in [1.82, 2.24) is 0 Å². The van der Waals surface area contributed by atoms with Crippen molar-refractivity contribution in [2.75, 3.05) is 13.2 Å². The Morgan fingerprint density at radius 2 is 1.50 bits per heavy atom. The van der Waals surface area contributed by atoms with Crippen LogP contribution in [0.25, 0.3) is 0 Å². The largest absolute Gasteiger partial charge is 0.390 e. The molecule has 3 heteroatoms. The van der Waals surface area contributed by atoms with Crippen molar-refractivity contribution in [3.05, 3.63) is 0 Å². The molecule has 106 valence electrons. The molecule has 0 aromatic rings. The lowest BCUT2D eigenvalue weighted by atomic mass is 9.78. The summed E-state index contributed by atoms with van der Waals surface area (Å²) in [6.45, 7) is 3.67. The third-order valence-corrected chi connectivity index (χ3v) is 4.50. The van der Waals surface area contributed by atoms with Crippen LogP contribution in [0.4, 0.5) is 0 Å². The fourth-order valence-electron chi connectivity index (χ4n) is 3.19. The molecule has 2 fully saturated rings. The van der Waals surface area contributed by atoms with Crippen LogP contribution in [0.5, 0.6) is 0 Å². The van der Waals surface area contributed by atoms with E-state index in [9.17, 15) is 5.11 Å². The first kappa shape index (κ1) is 14.3. The second-order valence-electron chi connectivity index (χ2n) is 6.00. The van der Waals surface area contributed by atoms with Crippen molar-refractivity contribution in [2.24, 2.45) is 0 Å². The Balaban J connectivity index is 1.66. The maximum atomic E-state index is 10.6. The van der Waals surface area contributed by atoms with Crippen molar-refractivity contribution >= 4 is 0 Å². The number of unbranched alkanes of at least 4 members (excludes halogenated alkanes) is 4. The molecule has 1 heterocycles. The third kappa shape index (κ3) is 3.69. The maximum absolute atomic E-state index is 10.6. The summed E-state index contributed by atoms with van der Waals surface area (Å²) in [5.74, 6) is -0.339. The zero-order valence-electron chi connectivity index (χ0n) is 11.7. The number of hydrogen-bond donors (Lipinski definition) is 1. The molecule has 1 spiro atoms. The topological polar surface area (TPSA) is 38.7 Å². The van der Waals surface area contributed by atoms with Crippen LogP contribution in [0.15, 0.2) is 0 Å². The van der Waals surface area contributed by atoms with Gasteiger partial charge in [0, 0.05) is 12.8 Å². The molecule has 0 bridgehead atoms. The summed E-state index contributed by atoms with van der Waals surface area (Å²) in [4.78, 5) is 0. The Bertz CT molecular complexity index is 236. The number of aliphatic hydroxyl groups is 1. The first-order chi connectivity index (χ1) is 8.68. The number of hydrogen-bond acceptors (Lipinski definition) is 3. The van der Waals surface area contributed by atoms with Crippen LogP contribution >= 0.6 is 0 Å². The van der Waals surface area contributed by atoms with Gasteiger partial charge in [0.25, 0.3) is 0 Å². The molecular formula is C15H28O3. The normalized spacial score (nSPS) is 25.7. The smallest absolute Gasteiger partial charge is 0.168 e. The third-order valence-electron chi connectivity index (χ3n) is 4.50. The van der Waals surface area contributed by atoms with Gasteiger partial charge in [-0.15, -0.1) is 0 Å². The predicted molar refractivity (Wildman–Crippen MR) is 71.4 cm³/mol. The molecule has 1 aliphatic heterocycles. The minimum absolute atomic E-state index is 0.339. The summed E-state index contributed by atoms with van der Waals surface area (Å²) >= 11 is 0. The molecule has 2 rings (SSSR count). The lowest BCUT2D eigenvalue weighted by Gasteiger charge is -2.40. The highest BCUT2D eigenvalue weighted by Gasteiger charge is 2.45. The average molecular weight is 256 g/mol. The van der Waals surface area contributed by atoms with Crippen molar-refractivity contribution in [1.29, 1.82) is 0 Å². The lowest BCUT2D eigenvalue weighted by molar-refractivity contribution is -0.203. The van der Waals surface area contributed by atoms with Crippen LogP contribution in [-0.4, -0.2) is 29.7 Å². The van der Waals surface area contributed by atoms with E-state index in [1.54, 1.807) is 0 Å². The van der Waals surface area contributed by atoms with E-state index in [1.807, 2.05) is 0 Å². The van der Waals surface area contributed by atoms with E-state index >= 15 is 0 Å². The quantitative estimate of drug-likeness (QED) is 0.740. The highest BCUT2D eigenvalue weighted by Crippen LogP contribution is 2.42. The SMILES string of the molecule is CCCCCCCC1(O)CCC2(CC1)OCCO2. The lowest BCUT2D eigenvalue weighted by Crippen LogP contribution is -2.43. The zero-order valence-corrected chi connectivity index (χ0v) is 11.7. The van der Waals surface area contributed by atoms with Crippen LogP contribution in [0.3, 0.4) is 0 Å². The summed E-state index contributed by atoms with van der Waals surface area (Å²) in [6, 6.07) is 0. The number of rotatable bonds is 6. The molecule has 2 aliphatic rings. The summed E-state index contributed by atoms with van der Waals surface area (Å²) in [5.41, 5.74) is -0.452. The molecule has 1 N–H and O–H groups in total. The van der Waals surface area contributed by atoms with Gasteiger partial charge in [0.05, 0.1) is 18.8 Å². The predicted octanol–water partition coefficient (Wildman–Crippen LogP) is 3.40. The van der Waals surface area contributed by atoms with Crippen LogP contribution in [0, 0.1) is 0 Å². The minimum Gasteiger partial charge on any atom is -0.390 e. The molecule has 1 saturated heterocycles. The second-order valence-corrected chi connectivity index (χ2v) is 6.00. The maximum Gasteiger partial charge on any atom is 0.168 e. The van der Waals surface area contributed by atoms with Crippen molar-refractivity contribution < 1.29 is 14.6 Å². The van der Waals surface area contributed by atoms with Gasteiger partial charge in [0.1, 0.15) is 0 Å². The second kappa shape index (κ2) is 6.36. The first-order valence-corrected chi connectivity index (χ1v) is 7.68. The van der Waals surface area contributed by atoms with E-state index in [1.165, 1.54) is 25.7 Å². The van der Waals surface area contributed by atoms with Crippen LogP contribution in [0.2, 0.25) is 0 Å². The molecule has 0 atom stereocenters. The Morgan fingerprint density at radius 1 is 0.889 bits per heavy atom. The molecule has 0 aromatic heterocycles. The molecule has 1 saturated carbocycles. The van der Waals surface area contributed by atoms with Gasteiger partial charge in [-0.2, -0.15) is 0 Å². The Kier molecular flexibility index (Phi) is 5.05. The highest BCUT2D eigenvalue weighted by atomic mass is 16.7. The van der Waals surface area contributed by atoms with E-state index in [0.29, 0.717) is 0 Å². The van der Waals surface area contributed by atoms with E-state index in [0.717, 1.165) is 51.7 Å². The average Bonchev–Trinajstić information content (AvgIpc) is 2.83.